The summed E-state index contributed by atoms with van der Waals surface area (Å²) in [5.41, 5.74) is 3.59. The minimum absolute atomic E-state index is 0.409. The third kappa shape index (κ3) is 3.04. The van der Waals surface area contributed by atoms with Gasteiger partial charge in [-0.1, -0.05) is 23.2 Å². The highest BCUT2D eigenvalue weighted by Crippen LogP contribution is 2.32. The summed E-state index contributed by atoms with van der Waals surface area (Å²) in [4.78, 5) is 0. The molecule has 0 unspecified atom stereocenters. The van der Waals surface area contributed by atoms with E-state index in [4.69, 9.17) is 32.0 Å². The van der Waals surface area contributed by atoms with E-state index in [2.05, 4.69) is 26.7 Å². The van der Waals surface area contributed by atoms with Gasteiger partial charge in [0.25, 0.3) is 0 Å². The van der Waals surface area contributed by atoms with Gasteiger partial charge < -0.3 is 8.83 Å². The first-order valence-electron chi connectivity index (χ1n) is 8.71. The Morgan fingerprint density at radius 1 is 0.929 bits per heavy atom. The Bertz CT molecular complexity index is 1310. The summed E-state index contributed by atoms with van der Waals surface area (Å²) in [6.07, 6.45) is 1.55. The lowest BCUT2D eigenvalue weighted by Crippen LogP contribution is -1.92. The van der Waals surface area contributed by atoms with Gasteiger partial charge in [0.15, 0.2) is 11.3 Å². The minimum atomic E-state index is 0.409. The van der Waals surface area contributed by atoms with Crippen molar-refractivity contribution in [1.82, 2.24) is 20.6 Å². The predicted octanol–water partition coefficient (Wildman–Crippen LogP) is 5.76. The highest BCUT2D eigenvalue weighted by atomic mass is 35.5. The van der Waals surface area contributed by atoms with Crippen LogP contribution in [0.5, 0.6) is 0 Å². The van der Waals surface area contributed by atoms with Crippen molar-refractivity contribution in [3.05, 3.63) is 63.3 Å². The first kappa shape index (κ1) is 17.3. The molecular weight excluding hydrogens is 399 g/mol. The van der Waals surface area contributed by atoms with Crippen LogP contribution in [0.1, 0.15) is 16.9 Å². The third-order valence-corrected chi connectivity index (χ3v) is 5.32. The number of benzene rings is 2. The maximum atomic E-state index is 6.50. The number of hydrogen-bond donors (Lipinski definition) is 1. The van der Waals surface area contributed by atoms with E-state index < -0.39 is 0 Å². The van der Waals surface area contributed by atoms with Crippen LogP contribution in [0.4, 0.5) is 0 Å². The zero-order valence-corrected chi connectivity index (χ0v) is 16.3. The Morgan fingerprint density at radius 2 is 1.82 bits per heavy atom. The maximum absolute atomic E-state index is 6.50. The Labute approximate surface area is 169 Å². The molecule has 0 saturated heterocycles. The predicted molar refractivity (Wildman–Crippen MR) is 108 cm³/mol. The molecule has 3 heterocycles. The second-order valence-corrected chi connectivity index (χ2v) is 7.49. The van der Waals surface area contributed by atoms with Gasteiger partial charge in [-0.3, -0.25) is 0 Å². The molecule has 0 bridgehead atoms. The van der Waals surface area contributed by atoms with E-state index >= 15 is 0 Å². The molecule has 0 aliphatic heterocycles. The number of aromatic nitrogens is 4. The van der Waals surface area contributed by atoms with Crippen LogP contribution in [-0.2, 0) is 12.8 Å². The van der Waals surface area contributed by atoms with Crippen LogP contribution >= 0.6 is 23.2 Å². The lowest BCUT2D eigenvalue weighted by Gasteiger charge is -2.06. The van der Waals surface area contributed by atoms with Gasteiger partial charge in [0.2, 0.25) is 5.82 Å². The molecule has 5 rings (SSSR count). The monoisotopic (exact) mass is 412 g/mol. The van der Waals surface area contributed by atoms with Gasteiger partial charge in [-0.25, -0.2) is 0 Å². The normalized spacial score (nSPS) is 11.7. The minimum Gasteiger partial charge on any atom is -0.460 e. The largest absolute Gasteiger partial charge is 0.460 e. The van der Waals surface area contributed by atoms with Crippen molar-refractivity contribution in [1.29, 1.82) is 0 Å². The van der Waals surface area contributed by atoms with Crippen LogP contribution in [0.2, 0.25) is 10.0 Å². The van der Waals surface area contributed by atoms with Crippen LogP contribution in [-0.4, -0.2) is 20.6 Å². The molecule has 8 heteroatoms. The summed E-state index contributed by atoms with van der Waals surface area (Å²) in [6.45, 7) is 1.91. The van der Waals surface area contributed by atoms with E-state index in [1.165, 1.54) is 0 Å². The zero-order valence-electron chi connectivity index (χ0n) is 14.8. The van der Waals surface area contributed by atoms with Crippen molar-refractivity contribution >= 4 is 45.1 Å². The van der Waals surface area contributed by atoms with E-state index in [0.717, 1.165) is 51.7 Å². The SMILES string of the molecule is Cc1cc2cc(CCc3cc4oc(-c5nn[nH]n5)cc4cc3Cl)cc(Cl)c2o1. The summed E-state index contributed by atoms with van der Waals surface area (Å²) in [7, 11) is 0. The lowest BCUT2D eigenvalue weighted by molar-refractivity contribution is 0.578. The molecule has 0 amide bonds. The van der Waals surface area contributed by atoms with Crippen LogP contribution in [0.25, 0.3) is 33.5 Å². The number of furan rings is 2. The first-order chi connectivity index (χ1) is 13.6. The summed E-state index contributed by atoms with van der Waals surface area (Å²) < 4.78 is 11.5. The van der Waals surface area contributed by atoms with E-state index in [-0.39, 0.29) is 0 Å². The third-order valence-electron chi connectivity index (χ3n) is 4.69. The Kier molecular flexibility index (Phi) is 4.10. The standard InChI is InChI=1S/C20H14Cl2N4O2/c1-10-4-14-5-11(6-16(22)19(14)27-10)2-3-12-8-17-13(7-15(12)21)9-18(28-17)20-23-25-26-24-20/h4-9H,2-3H2,1H3,(H,23,24,25,26). The van der Waals surface area contributed by atoms with Gasteiger partial charge in [-0.2, -0.15) is 5.21 Å². The maximum Gasteiger partial charge on any atom is 0.239 e. The quantitative estimate of drug-likeness (QED) is 0.405. The van der Waals surface area contributed by atoms with Crippen molar-refractivity contribution in [2.45, 2.75) is 19.8 Å². The summed E-state index contributed by atoms with van der Waals surface area (Å²) in [5, 5.41) is 17.1. The summed E-state index contributed by atoms with van der Waals surface area (Å²) in [5.74, 6) is 1.80. The number of rotatable bonds is 4. The molecule has 3 aromatic heterocycles. The van der Waals surface area contributed by atoms with Crippen LogP contribution in [0, 0.1) is 6.92 Å². The highest BCUT2D eigenvalue weighted by Gasteiger charge is 2.13. The molecular formula is C20H14Cl2N4O2. The summed E-state index contributed by atoms with van der Waals surface area (Å²) in [6, 6.07) is 11.8. The number of hydrogen-bond acceptors (Lipinski definition) is 5. The molecule has 1 N–H and O–H groups in total. The number of fused-ring (bicyclic) bond motifs is 2. The van der Waals surface area contributed by atoms with E-state index in [1.807, 2.05) is 37.3 Å². The van der Waals surface area contributed by atoms with Crippen LogP contribution < -0.4 is 0 Å². The number of halogens is 2. The van der Waals surface area contributed by atoms with Gasteiger partial charge in [-0.15, -0.1) is 10.2 Å². The van der Waals surface area contributed by atoms with Crippen molar-refractivity contribution in [3.63, 3.8) is 0 Å². The molecule has 2 aromatic carbocycles. The van der Waals surface area contributed by atoms with Gasteiger partial charge in [0, 0.05) is 15.8 Å². The fourth-order valence-corrected chi connectivity index (χ4v) is 3.94. The first-order valence-corrected chi connectivity index (χ1v) is 9.47. The van der Waals surface area contributed by atoms with Gasteiger partial charge in [0.1, 0.15) is 11.3 Å². The van der Waals surface area contributed by atoms with Crippen molar-refractivity contribution in [2.24, 2.45) is 0 Å². The number of aryl methyl sites for hydroxylation is 3. The Morgan fingerprint density at radius 3 is 2.64 bits per heavy atom. The second kappa shape index (κ2) is 6.65. The molecule has 0 atom stereocenters. The molecule has 0 saturated carbocycles. The molecule has 0 radical (unpaired) electrons. The average Bonchev–Trinajstić information content (AvgIpc) is 3.38. The van der Waals surface area contributed by atoms with E-state index in [1.54, 1.807) is 0 Å². The Balaban J connectivity index is 1.44. The molecule has 6 nitrogen and oxygen atoms in total. The van der Waals surface area contributed by atoms with Crippen LogP contribution in [0.15, 0.2) is 45.2 Å². The summed E-state index contributed by atoms with van der Waals surface area (Å²) >= 11 is 12.9. The highest BCUT2D eigenvalue weighted by molar-refractivity contribution is 6.35. The van der Waals surface area contributed by atoms with E-state index in [0.29, 0.717) is 21.6 Å². The number of nitrogens with one attached hydrogen (secondary N) is 1. The van der Waals surface area contributed by atoms with Crippen molar-refractivity contribution in [2.75, 3.05) is 0 Å². The lowest BCUT2D eigenvalue weighted by atomic mass is 10.0. The van der Waals surface area contributed by atoms with Crippen molar-refractivity contribution < 1.29 is 8.83 Å². The van der Waals surface area contributed by atoms with Gasteiger partial charge in [0.05, 0.1) is 5.02 Å². The average molecular weight is 413 g/mol. The van der Waals surface area contributed by atoms with Gasteiger partial charge >= 0.3 is 0 Å². The Hall–Kier alpha value is -2.83. The number of aromatic amines is 1. The molecule has 5 aromatic rings. The number of H-pyrrole nitrogens is 1. The molecule has 0 fully saturated rings. The number of nitrogens with zero attached hydrogens (tertiary/aromatic N) is 3. The topological polar surface area (TPSA) is 80.7 Å². The van der Waals surface area contributed by atoms with Gasteiger partial charge in [-0.05, 0) is 72.5 Å². The zero-order chi connectivity index (χ0) is 19.3. The van der Waals surface area contributed by atoms with E-state index in [9.17, 15) is 0 Å². The molecule has 0 spiro atoms. The number of tetrazole rings is 1. The fourth-order valence-electron chi connectivity index (χ4n) is 3.39. The molecule has 140 valence electrons. The molecule has 28 heavy (non-hydrogen) atoms. The molecule has 0 aliphatic rings. The fraction of sp³-hybridized carbons (Fsp3) is 0.150. The van der Waals surface area contributed by atoms with Crippen LogP contribution in [0.3, 0.4) is 0 Å². The van der Waals surface area contributed by atoms with Crippen molar-refractivity contribution in [3.8, 4) is 11.6 Å². The molecule has 0 aliphatic carbocycles. The smallest absolute Gasteiger partial charge is 0.239 e. The second-order valence-electron chi connectivity index (χ2n) is 6.68.